The zero-order valence-corrected chi connectivity index (χ0v) is 17.4. The van der Waals surface area contributed by atoms with Crippen LogP contribution in [0.1, 0.15) is 11.1 Å². The molecule has 126 valence electrons. The van der Waals surface area contributed by atoms with Crippen molar-refractivity contribution in [1.82, 2.24) is 0 Å². The highest BCUT2D eigenvalue weighted by atomic mass is 79.9. The van der Waals surface area contributed by atoms with Crippen LogP contribution < -0.4 is 9.47 Å². The van der Waals surface area contributed by atoms with Gasteiger partial charge in [-0.25, -0.2) is 0 Å². The number of ether oxygens (including phenoxy) is 2. The molecule has 0 radical (unpaired) electrons. The van der Waals surface area contributed by atoms with Gasteiger partial charge in [0.25, 0.3) is 0 Å². The Labute approximate surface area is 166 Å². The highest BCUT2D eigenvalue weighted by Crippen LogP contribution is 2.27. The quantitative estimate of drug-likeness (QED) is 0.388. The fourth-order valence-electron chi connectivity index (χ4n) is 1.87. The van der Waals surface area contributed by atoms with E-state index >= 15 is 0 Å². The van der Waals surface area contributed by atoms with E-state index in [0.29, 0.717) is 22.6 Å². The van der Waals surface area contributed by atoms with Crippen molar-refractivity contribution in [3.8, 4) is 11.5 Å². The van der Waals surface area contributed by atoms with Crippen LogP contribution in [0.15, 0.2) is 55.5 Å². The largest absolute Gasteiger partial charge is 0.496 e. The molecular weight excluding hydrogens is 483 g/mol. The number of benzene rings is 2. The normalized spacial score (nSPS) is 12.2. The van der Waals surface area contributed by atoms with Gasteiger partial charge in [-0.15, -0.1) is 10.2 Å². The van der Waals surface area contributed by atoms with Gasteiger partial charge in [-0.3, -0.25) is 0 Å². The zero-order chi connectivity index (χ0) is 17.7. The van der Waals surface area contributed by atoms with Crippen LogP contribution in [0.4, 0.5) is 0 Å². The van der Waals surface area contributed by atoms with Crippen LogP contribution in [-0.2, 0) is 0 Å². The molecule has 0 fully saturated rings. The Bertz CT molecular complexity index is 743. The van der Waals surface area contributed by atoms with Crippen molar-refractivity contribution in [3.63, 3.8) is 0 Å². The lowest BCUT2D eigenvalue weighted by molar-refractivity contribution is 0.413. The van der Waals surface area contributed by atoms with Crippen molar-refractivity contribution in [2.24, 2.45) is 10.2 Å². The Kier molecular flexibility index (Phi) is 7.10. The lowest BCUT2D eigenvalue weighted by Gasteiger charge is -2.07. The molecule has 0 saturated heterocycles. The van der Waals surface area contributed by atoms with E-state index in [9.17, 15) is 0 Å². The number of nitrogens with zero attached hydrogens (tertiary/aromatic N) is 2. The predicted octanol–water partition coefficient (Wildman–Crippen LogP) is 5.81. The van der Waals surface area contributed by atoms with Gasteiger partial charge >= 0.3 is 0 Å². The second-order valence-electron chi connectivity index (χ2n) is 4.47. The predicted molar refractivity (Wildman–Crippen MR) is 106 cm³/mol. The fourth-order valence-corrected chi connectivity index (χ4v) is 2.93. The maximum atomic E-state index is 6.22. The maximum absolute atomic E-state index is 6.22. The standard InChI is InChI=1S/C16H12Br2Cl2N2O2/c1-23-13-7-9(17)3-5-11(13)15(19)21-22-16(20)12-6-4-10(18)8-14(12)24-2/h3-8H,1-2H3/b21-15-,22-16-. The SMILES string of the molecule is COc1cc(Br)ccc1/C(Cl)=N/N=C(\Cl)c1ccc(Br)cc1OC. The summed E-state index contributed by atoms with van der Waals surface area (Å²) in [6, 6.07) is 10.8. The van der Waals surface area contributed by atoms with E-state index in [4.69, 9.17) is 32.7 Å². The monoisotopic (exact) mass is 492 g/mol. The van der Waals surface area contributed by atoms with Crippen molar-refractivity contribution in [2.45, 2.75) is 0 Å². The van der Waals surface area contributed by atoms with Gasteiger partial charge < -0.3 is 9.47 Å². The van der Waals surface area contributed by atoms with Gasteiger partial charge in [0, 0.05) is 8.95 Å². The van der Waals surface area contributed by atoms with Gasteiger partial charge in [-0.05, 0) is 36.4 Å². The highest BCUT2D eigenvalue weighted by Gasteiger charge is 2.11. The summed E-state index contributed by atoms with van der Waals surface area (Å²) in [5, 5.41) is 8.29. The number of hydrogen-bond donors (Lipinski definition) is 0. The molecule has 24 heavy (non-hydrogen) atoms. The highest BCUT2D eigenvalue weighted by molar-refractivity contribution is 9.10. The summed E-state index contributed by atoms with van der Waals surface area (Å²) >= 11 is 19.2. The van der Waals surface area contributed by atoms with Crippen LogP contribution >= 0.6 is 55.1 Å². The summed E-state index contributed by atoms with van der Waals surface area (Å²) in [4.78, 5) is 0. The number of hydrogen-bond acceptors (Lipinski definition) is 4. The first-order valence-electron chi connectivity index (χ1n) is 6.60. The number of rotatable bonds is 5. The molecule has 0 atom stereocenters. The minimum Gasteiger partial charge on any atom is -0.496 e. The van der Waals surface area contributed by atoms with E-state index in [-0.39, 0.29) is 10.3 Å². The van der Waals surface area contributed by atoms with E-state index < -0.39 is 0 Å². The maximum Gasteiger partial charge on any atom is 0.162 e. The molecule has 0 aliphatic carbocycles. The number of halogens is 4. The van der Waals surface area contributed by atoms with Gasteiger partial charge in [0.05, 0.1) is 25.3 Å². The molecule has 0 heterocycles. The van der Waals surface area contributed by atoms with Crippen LogP contribution in [0.3, 0.4) is 0 Å². The van der Waals surface area contributed by atoms with E-state index in [0.717, 1.165) is 8.95 Å². The van der Waals surface area contributed by atoms with Crippen LogP contribution in [0.25, 0.3) is 0 Å². The molecule has 2 rings (SSSR count). The third-order valence-corrected chi connectivity index (χ3v) is 4.54. The molecule has 4 nitrogen and oxygen atoms in total. The first kappa shape index (κ1) is 19.2. The zero-order valence-electron chi connectivity index (χ0n) is 12.7. The first-order valence-corrected chi connectivity index (χ1v) is 8.95. The summed E-state index contributed by atoms with van der Waals surface area (Å²) in [5.41, 5.74) is 1.22. The Hall–Kier alpha value is -1.08. The Morgan fingerprint density at radius 2 is 1.17 bits per heavy atom. The molecular formula is C16H12Br2Cl2N2O2. The molecule has 0 bridgehead atoms. The van der Waals surface area contributed by atoms with Crippen LogP contribution in [0.2, 0.25) is 0 Å². The summed E-state index contributed by atoms with van der Waals surface area (Å²) in [7, 11) is 3.11. The van der Waals surface area contributed by atoms with Crippen molar-refractivity contribution in [1.29, 1.82) is 0 Å². The lowest BCUT2D eigenvalue weighted by atomic mass is 10.2. The lowest BCUT2D eigenvalue weighted by Crippen LogP contribution is -1.98. The van der Waals surface area contributed by atoms with Gasteiger partial charge in [-0.2, -0.15) is 0 Å². The molecule has 0 N–H and O–H groups in total. The van der Waals surface area contributed by atoms with Gasteiger partial charge in [0.2, 0.25) is 0 Å². The topological polar surface area (TPSA) is 43.2 Å². The molecule has 8 heteroatoms. The Morgan fingerprint density at radius 1 is 0.792 bits per heavy atom. The van der Waals surface area contributed by atoms with E-state index in [1.165, 1.54) is 0 Å². The minimum absolute atomic E-state index is 0.161. The van der Waals surface area contributed by atoms with Gasteiger partial charge in [-0.1, -0.05) is 55.1 Å². The van der Waals surface area contributed by atoms with Crippen LogP contribution in [0, 0.1) is 0 Å². The summed E-state index contributed by atoms with van der Waals surface area (Å²) in [6.45, 7) is 0. The molecule has 0 aliphatic heterocycles. The van der Waals surface area contributed by atoms with E-state index in [2.05, 4.69) is 42.1 Å². The summed E-state index contributed by atoms with van der Waals surface area (Å²) in [6.07, 6.45) is 0. The molecule has 0 aliphatic rings. The molecule has 0 unspecified atom stereocenters. The summed E-state index contributed by atoms with van der Waals surface area (Å²) in [5.74, 6) is 1.15. The first-order chi connectivity index (χ1) is 11.5. The van der Waals surface area contributed by atoms with Crippen molar-refractivity contribution in [3.05, 3.63) is 56.5 Å². The summed E-state index contributed by atoms with van der Waals surface area (Å²) < 4.78 is 12.3. The molecule has 0 amide bonds. The van der Waals surface area contributed by atoms with Crippen molar-refractivity contribution < 1.29 is 9.47 Å². The number of methoxy groups -OCH3 is 2. The fraction of sp³-hybridized carbons (Fsp3) is 0.125. The average molecular weight is 495 g/mol. The van der Waals surface area contributed by atoms with Crippen molar-refractivity contribution in [2.75, 3.05) is 14.2 Å². The second-order valence-corrected chi connectivity index (χ2v) is 7.02. The average Bonchev–Trinajstić information content (AvgIpc) is 2.58. The molecule has 2 aromatic rings. The third-order valence-electron chi connectivity index (χ3n) is 3.00. The second kappa shape index (κ2) is 8.85. The van der Waals surface area contributed by atoms with Crippen molar-refractivity contribution >= 4 is 65.4 Å². The van der Waals surface area contributed by atoms with Gasteiger partial charge in [0.15, 0.2) is 10.3 Å². The smallest absolute Gasteiger partial charge is 0.162 e. The van der Waals surface area contributed by atoms with Crippen LogP contribution in [-0.4, -0.2) is 24.6 Å². The van der Waals surface area contributed by atoms with Gasteiger partial charge in [0.1, 0.15) is 11.5 Å². The minimum atomic E-state index is 0.161. The van der Waals surface area contributed by atoms with E-state index in [1.54, 1.807) is 38.5 Å². The molecule has 2 aromatic carbocycles. The molecule has 0 spiro atoms. The Balaban J connectivity index is 2.36. The van der Waals surface area contributed by atoms with Crippen LogP contribution in [0.5, 0.6) is 11.5 Å². The Morgan fingerprint density at radius 3 is 1.50 bits per heavy atom. The molecule has 0 aromatic heterocycles. The third kappa shape index (κ3) is 4.72. The molecule has 0 saturated carbocycles. The van der Waals surface area contributed by atoms with E-state index in [1.807, 2.05) is 12.1 Å².